The maximum absolute atomic E-state index is 9.86. The van der Waals surface area contributed by atoms with E-state index in [4.69, 9.17) is 22.9 Å². The van der Waals surface area contributed by atoms with Gasteiger partial charge in [0.1, 0.15) is 0 Å². The fourth-order valence-electron chi connectivity index (χ4n) is 0.122. The van der Waals surface area contributed by atoms with Gasteiger partial charge in [-0.2, -0.15) is 0 Å². The van der Waals surface area contributed by atoms with Gasteiger partial charge in [0.2, 0.25) is 0 Å². The monoisotopic (exact) mass is 135 g/mol. The SMILES string of the molecule is NC(N)C(N)(N)[N+](=O)[O-]. The normalized spacial score (nSPS) is 12.1. The van der Waals surface area contributed by atoms with Gasteiger partial charge in [0.15, 0.2) is 6.17 Å². The van der Waals surface area contributed by atoms with Crippen molar-refractivity contribution in [1.82, 2.24) is 0 Å². The van der Waals surface area contributed by atoms with Crippen molar-refractivity contribution < 1.29 is 4.92 Å². The number of nitrogens with two attached hydrogens (primary N) is 4. The predicted molar refractivity (Wildman–Crippen MR) is 30.3 cm³/mol. The van der Waals surface area contributed by atoms with Crippen LogP contribution in [-0.4, -0.2) is 16.9 Å². The minimum Gasteiger partial charge on any atom is -0.307 e. The minimum absolute atomic E-state index is 0.933. The van der Waals surface area contributed by atoms with Crippen LogP contribution in [-0.2, 0) is 0 Å². The van der Waals surface area contributed by atoms with Crippen molar-refractivity contribution in [2.24, 2.45) is 22.9 Å². The number of nitro groups is 1. The Hall–Kier alpha value is -0.760. The molecule has 0 aromatic carbocycles. The molecule has 0 fully saturated rings. The van der Waals surface area contributed by atoms with Crippen LogP contribution in [0.1, 0.15) is 0 Å². The lowest BCUT2D eigenvalue weighted by Gasteiger charge is -2.17. The number of hydrogen-bond donors (Lipinski definition) is 4. The Kier molecular flexibility index (Phi) is 2.04. The van der Waals surface area contributed by atoms with Crippen molar-refractivity contribution >= 4 is 0 Å². The number of rotatable bonds is 2. The fraction of sp³-hybridized carbons (Fsp3) is 1.00. The quantitative estimate of drug-likeness (QED) is 0.181. The first-order valence-electron chi connectivity index (χ1n) is 2.12. The van der Waals surface area contributed by atoms with Gasteiger partial charge >= 0.3 is 5.79 Å². The predicted octanol–water partition coefficient (Wildman–Crippen LogP) is -2.92. The van der Waals surface area contributed by atoms with Crippen molar-refractivity contribution in [3.63, 3.8) is 0 Å². The standard InChI is InChI=1S/C2H9N5O2/c3-1(4)2(5,6)7(8)9/h1H,3-6H2. The van der Waals surface area contributed by atoms with E-state index in [2.05, 4.69) is 0 Å². The third kappa shape index (κ3) is 1.57. The second-order valence-electron chi connectivity index (χ2n) is 1.67. The molecule has 0 aliphatic carbocycles. The molecule has 0 unspecified atom stereocenters. The summed E-state index contributed by atoms with van der Waals surface area (Å²) < 4.78 is 0. The van der Waals surface area contributed by atoms with Crippen LogP contribution >= 0.6 is 0 Å². The van der Waals surface area contributed by atoms with Crippen molar-refractivity contribution in [1.29, 1.82) is 0 Å². The smallest absolute Gasteiger partial charge is 0.307 e. The van der Waals surface area contributed by atoms with Crippen LogP contribution in [0.15, 0.2) is 0 Å². The topological polar surface area (TPSA) is 147 Å². The summed E-state index contributed by atoms with van der Waals surface area (Å²) in [5, 5.41) is 9.86. The highest BCUT2D eigenvalue weighted by Crippen LogP contribution is 1.90. The highest BCUT2D eigenvalue weighted by Gasteiger charge is 2.38. The van der Waals surface area contributed by atoms with Crippen LogP contribution in [0.3, 0.4) is 0 Å². The van der Waals surface area contributed by atoms with Gasteiger partial charge in [-0.05, 0) is 0 Å². The van der Waals surface area contributed by atoms with Crippen molar-refractivity contribution in [2.45, 2.75) is 12.0 Å². The van der Waals surface area contributed by atoms with Gasteiger partial charge in [-0.1, -0.05) is 0 Å². The molecule has 0 saturated carbocycles. The van der Waals surface area contributed by atoms with E-state index >= 15 is 0 Å². The Bertz CT molecular complexity index is 120. The lowest BCUT2D eigenvalue weighted by atomic mass is 10.3. The summed E-state index contributed by atoms with van der Waals surface area (Å²) in [5.74, 6) is -2.22. The molecule has 0 aliphatic rings. The molecular weight excluding hydrogens is 126 g/mol. The highest BCUT2D eigenvalue weighted by atomic mass is 16.6. The van der Waals surface area contributed by atoms with Crippen molar-refractivity contribution in [3.05, 3.63) is 10.1 Å². The first-order chi connectivity index (χ1) is 3.89. The molecule has 0 heterocycles. The molecule has 0 rings (SSSR count). The zero-order valence-electron chi connectivity index (χ0n) is 4.65. The molecule has 54 valence electrons. The van der Waals surface area contributed by atoms with Gasteiger partial charge in [0, 0.05) is 0 Å². The van der Waals surface area contributed by atoms with Crippen LogP contribution in [0.25, 0.3) is 0 Å². The number of hydrogen-bond acceptors (Lipinski definition) is 6. The Morgan fingerprint density at radius 3 is 1.78 bits per heavy atom. The molecule has 0 radical (unpaired) electrons. The maximum atomic E-state index is 9.86. The Morgan fingerprint density at radius 2 is 1.78 bits per heavy atom. The molecule has 7 heteroatoms. The lowest BCUT2D eigenvalue weighted by Crippen LogP contribution is -2.70. The molecule has 0 aromatic heterocycles. The number of nitrogens with zero attached hydrogens (tertiary/aromatic N) is 1. The van der Waals surface area contributed by atoms with E-state index in [1.807, 2.05) is 0 Å². The summed E-state index contributed by atoms with van der Waals surface area (Å²) in [7, 11) is 0. The van der Waals surface area contributed by atoms with E-state index in [-0.39, 0.29) is 0 Å². The Balaban J connectivity index is 4.19. The van der Waals surface area contributed by atoms with Crippen molar-refractivity contribution in [2.75, 3.05) is 0 Å². The van der Waals surface area contributed by atoms with E-state index in [1.165, 1.54) is 0 Å². The van der Waals surface area contributed by atoms with Crippen molar-refractivity contribution in [3.8, 4) is 0 Å². The average molecular weight is 135 g/mol. The molecule has 0 saturated heterocycles. The second kappa shape index (κ2) is 2.23. The van der Waals surface area contributed by atoms with Gasteiger partial charge in [-0.15, -0.1) is 0 Å². The molecule has 0 atom stereocenters. The minimum atomic E-state index is -2.22. The third-order valence-corrected chi connectivity index (χ3v) is 0.850. The Morgan fingerprint density at radius 1 is 1.44 bits per heavy atom. The van der Waals surface area contributed by atoms with Crippen LogP contribution < -0.4 is 22.9 Å². The highest BCUT2D eigenvalue weighted by molar-refractivity contribution is 4.71. The Labute approximate surface area is 51.1 Å². The summed E-state index contributed by atoms with van der Waals surface area (Å²) in [4.78, 5) is 8.93. The summed E-state index contributed by atoms with van der Waals surface area (Å²) >= 11 is 0. The average Bonchev–Trinajstić information content (AvgIpc) is 1.65. The zero-order valence-corrected chi connectivity index (χ0v) is 4.65. The first kappa shape index (κ1) is 8.24. The van der Waals surface area contributed by atoms with Gasteiger partial charge in [-0.25, -0.2) is 11.5 Å². The van der Waals surface area contributed by atoms with Crippen LogP contribution in [0.2, 0.25) is 0 Å². The van der Waals surface area contributed by atoms with Crippen LogP contribution in [0, 0.1) is 10.1 Å². The molecule has 9 heavy (non-hydrogen) atoms. The van der Waals surface area contributed by atoms with Gasteiger partial charge in [-0.3, -0.25) is 10.1 Å². The molecule has 0 aromatic rings. The van der Waals surface area contributed by atoms with E-state index in [0.717, 1.165) is 0 Å². The first-order valence-corrected chi connectivity index (χ1v) is 2.12. The molecule has 0 bridgehead atoms. The van der Waals surface area contributed by atoms with E-state index in [9.17, 15) is 10.1 Å². The van der Waals surface area contributed by atoms with Gasteiger partial charge in [0.25, 0.3) is 0 Å². The summed E-state index contributed by atoms with van der Waals surface area (Å²) in [6.07, 6.45) is -1.35. The van der Waals surface area contributed by atoms with Gasteiger partial charge in [0.05, 0.1) is 4.92 Å². The third-order valence-electron chi connectivity index (χ3n) is 0.850. The summed E-state index contributed by atoms with van der Waals surface area (Å²) in [6, 6.07) is 0. The molecule has 0 aliphatic heterocycles. The second-order valence-corrected chi connectivity index (χ2v) is 1.67. The molecule has 0 amide bonds. The molecule has 0 spiro atoms. The maximum Gasteiger partial charge on any atom is 0.355 e. The summed E-state index contributed by atoms with van der Waals surface area (Å²) in [5.41, 5.74) is 19.4. The summed E-state index contributed by atoms with van der Waals surface area (Å²) in [6.45, 7) is 0. The van der Waals surface area contributed by atoms with E-state index < -0.39 is 16.9 Å². The molecular formula is C2H9N5O2. The van der Waals surface area contributed by atoms with Gasteiger partial charge < -0.3 is 11.5 Å². The van der Waals surface area contributed by atoms with Crippen LogP contribution in [0.5, 0.6) is 0 Å². The largest absolute Gasteiger partial charge is 0.355 e. The lowest BCUT2D eigenvalue weighted by molar-refractivity contribution is -0.572. The molecule has 7 nitrogen and oxygen atoms in total. The molecule has 8 N–H and O–H groups in total. The zero-order chi connectivity index (χ0) is 7.65. The fourth-order valence-corrected chi connectivity index (χ4v) is 0.122. The van der Waals surface area contributed by atoms with Crippen LogP contribution in [0.4, 0.5) is 0 Å². The van der Waals surface area contributed by atoms with E-state index in [0.29, 0.717) is 0 Å². The van der Waals surface area contributed by atoms with E-state index in [1.54, 1.807) is 0 Å².